The second-order valence-electron chi connectivity index (χ2n) is 5.64. The highest BCUT2D eigenvalue weighted by Gasteiger charge is 2.26. The normalized spacial score (nSPS) is 10.6. The lowest BCUT2D eigenvalue weighted by molar-refractivity contribution is -0.154. The molecule has 0 fully saturated rings. The second-order valence-corrected chi connectivity index (χ2v) is 6.08. The van der Waals surface area contributed by atoms with Gasteiger partial charge >= 0.3 is 11.9 Å². The molecule has 2 aromatic carbocycles. The van der Waals surface area contributed by atoms with Crippen molar-refractivity contribution in [1.82, 2.24) is 0 Å². The first-order chi connectivity index (χ1) is 12.4. The molecule has 7 heteroatoms. The Labute approximate surface area is 155 Å². The molecular weight excluding hydrogens is 360 g/mol. The van der Waals surface area contributed by atoms with E-state index >= 15 is 0 Å². The monoisotopic (exact) mass is 378 g/mol. The van der Waals surface area contributed by atoms with Crippen LogP contribution in [-0.2, 0) is 22.4 Å². The van der Waals surface area contributed by atoms with Crippen molar-refractivity contribution in [3.63, 3.8) is 0 Å². The van der Waals surface area contributed by atoms with Crippen molar-refractivity contribution in [1.29, 1.82) is 0 Å². The first-order valence-corrected chi connectivity index (χ1v) is 8.28. The summed E-state index contributed by atoms with van der Waals surface area (Å²) in [6.07, 6.45) is 0.514. The summed E-state index contributed by atoms with van der Waals surface area (Å²) in [4.78, 5) is 22.1. The smallest absolute Gasteiger partial charge is 0.318 e. The van der Waals surface area contributed by atoms with Crippen molar-refractivity contribution in [2.75, 3.05) is 13.7 Å². The molecule has 26 heavy (non-hydrogen) atoms. The Hall–Kier alpha value is -2.73. The van der Waals surface area contributed by atoms with E-state index in [1.165, 1.54) is 7.11 Å². The second kappa shape index (κ2) is 9.10. The molecule has 0 amide bonds. The van der Waals surface area contributed by atoms with E-state index in [1.54, 1.807) is 30.3 Å². The van der Waals surface area contributed by atoms with Crippen molar-refractivity contribution >= 4 is 23.5 Å². The summed E-state index contributed by atoms with van der Waals surface area (Å²) in [6, 6.07) is 12.3. The van der Waals surface area contributed by atoms with Crippen LogP contribution in [0, 0.1) is 5.92 Å². The molecule has 0 heterocycles. The number of ether oxygens (including phenoxy) is 2. The fourth-order valence-electron chi connectivity index (χ4n) is 2.41. The van der Waals surface area contributed by atoms with Gasteiger partial charge in [0.25, 0.3) is 0 Å². The molecule has 2 N–H and O–H groups in total. The van der Waals surface area contributed by atoms with Crippen LogP contribution in [0.4, 0.5) is 0 Å². The van der Waals surface area contributed by atoms with E-state index in [0.717, 1.165) is 5.56 Å². The zero-order valence-corrected chi connectivity index (χ0v) is 14.9. The van der Waals surface area contributed by atoms with Gasteiger partial charge in [-0.1, -0.05) is 29.8 Å². The number of hydrogen-bond donors (Lipinski definition) is 2. The molecule has 0 aromatic heterocycles. The number of methoxy groups -OCH3 is 1. The minimum Gasteiger partial charge on any atom is -0.493 e. The highest BCUT2D eigenvalue weighted by Crippen LogP contribution is 2.29. The van der Waals surface area contributed by atoms with Crippen LogP contribution in [0.1, 0.15) is 11.1 Å². The van der Waals surface area contributed by atoms with E-state index in [1.807, 2.05) is 12.1 Å². The summed E-state index contributed by atoms with van der Waals surface area (Å²) in [7, 11) is 1.50. The SMILES string of the molecule is COc1ccc(CC(C(=O)O)C(=O)O)cc1OCCc1ccc(Cl)cc1. The number of benzene rings is 2. The molecule has 2 aromatic rings. The van der Waals surface area contributed by atoms with Crippen LogP contribution < -0.4 is 9.47 Å². The Balaban J connectivity index is 2.07. The largest absolute Gasteiger partial charge is 0.493 e. The Morgan fingerprint density at radius 1 is 1.00 bits per heavy atom. The van der Waals surface area contributed by atoms with Crippen LogP contribution in [0.5, 0.6) is 11.5 Å². The van der Waals surface area contributed by atoms with Crippen LogP contribution in [-0.4, -0.2) is 35.9 Å². The zero-order valence-electron chi connectivity index (χ0n) is 14.1. The Morgan fingerprint density at radius 2 is 1.62 bits per heavy atom. The number of hydrogen-bond acceptors (Lipinski definition) is 4. The molecule has 138 valence electrons. The lowest BCUT2D eigenvalue weighted by atomic mass is 9.99. The molecule has 0 aliphatic carbocycles. The average molecular weight is 379 g/mol. The third-order valence-electron chi connectivity index (χ3n) is 3.83. The summed E-state index contributed by atoms with van der Waals surface area (Å²) in [6.45, 7) is 0.378. The zero-order chi connectivity index (χ0) is 19.1. The standard InChI is InChI=1S/C19H19ClO6/c1-25-16-7-4-13(10-15(18(21)22)19(23)24)11-17(16)26-9-8-12-2-5-14(20)6-3-12/h2-7,11,15H,8-10H2,1H3,(H,21,22)(H,23,24). The Morgan fingerprint density at radius 3 is 2.19 bits per heavy atom. The topological polar surface area (TPSA) is 93.1 Å². The van der Waals surface area contributed by atoms with Crippen LogP contribution in [0.15, 0.2) is 42.5 Å². The van der Waals surface area contributed by atoms with Gasteiger partial charge < -0.3 is 19.7 Å². The quantitative estimate of drug-likeness (QED) is 0.650. The van der Waals surface area contributed by atoms with Gasteiger partial charge in [-0.15, -0.1) is 0 Å². The first-order valence-electron chi connectivity index (χ1n) is 7.90. The predicted octanol–water partition coefficient (Wildman–Crippen LogP) is 3.30. The van der Waals surface area contributed by atoms with E-state index < -0.39 is 17.9 Å². The maximum Gasteiger partial charge on any atom is 0.318 e. The van der Waals surface area contributed by atoms with Gasteiger partial charge in [0.2, 0.25) is 0 Å². The van der Waals surface area contributed by atoms with E-state index in [2.05, 4.69) is 0 Å². The molecule has 0 unspecified atom stereocenters. The van der Waals surface area contributed by atoms with Crippen molar-refractivity contribution in [2.24, 2.45) is 5.92 Å². The van der Waals surface area contributed by atoms with Crippen molar-refractivity contribution < 1.29 is 29.3 Å². The van der Waals surface area contributed by atoms with Gasteiger partial charge in [0, 0.05) is 11.4 Å². The first kappa shape index (κ1) is 19.6. The van der Waals surface area contributed by atoms with Gasteiger partial charge in [0.15, 0.2) is 17.4 Å². The maximum atomic E-state index is 11.1. The highest BCUT2D eigenvalue weighted by molar-refractivity contribution is 6.30. The van der Waals surface area contributed by atoms with Crippen LogP contribution >= 0.6 is 11.6 Å². The summed E-state index contributed by atoms with van der Waals surface area (Å²) in [5.41, 5.74) is 1.60. The van der Waals surface area contributed by atoms with Crippen molar-refractivity contribution in [3.05, 3.63) is 58.6 Å². The van der Waals surface area contributed by atoms with E-state index in [9.17, 15) is 9.59 Å². The number of carbonyl (C=O) groups is 2. The molecule has 0 aliphatic heterocycles. The Bertz CT molecular complexity index is 758. The van der Waals surface area contributed by atoms with E-state index in [4.69, 9.17) is 31.3 Å². The molecule has 6 nitrogen and oxygen atoms in total. The van der Waals surface area contributed by atoms with Crippen LogP contribution in [0.25, 0.3) is 0 Å². The minimum absolute atomic E-state index is 0.137. The molecule has 0 saturated heterocycles. The lowest BCUT2D eigenvalue weighted by Gasteiger charge is -2.14. The highest BCUT2D eigenvalue weighted by atomic mass is 35.5. The fraction of sp³-hybridized carbons (Fsp3) is 0.263. The summed E-state index contributed by atoms with van der Waals surface area (Å²) in [5.74, 6) is -3.33. The third-order valence-corrected chi connectivity index (χ3v) is 4.08. The van der Waals surface area contributed by atoms with Gasteiger partial charge in [-0.2, -0.15) is 0 Å². The molecule has 2 rings (SSSR count). The number of halogens is 1. The lowest BCUT2D eigenvalue weighted by Crippen LogP contribution is -2.25. The molecule has 0 aliphatic rings. The van der Waals surface area contributed by atoms with Crippen LogP contribution in [0.2, 0.25) is 5.02 Å². The van der Waals surface area contributed by atoms with Gasteiger partial charge in [-0.3, -0.25) is 9.59 Å². The Kier molecular flexibility index (Phi) is 6.86. The molecule has 0 saturated carbocycles. The maximum absolute atomic E-state index is 11.1. The summed E-state index contributed by atoms with van der Waals surface area (Å²) >= 11 is 5.85. The van der Waals surface area contributed by atoms with Gasteiger partial charge in [0.05, 0.1) is 13.7 Å². The number of aliphatic carboxylic acids is 2. The fourth-order valence-corrected chi connectivity index (χ4v) is 2.53. The van der Waals surface area contributed by atoms with E-state index in [0.29, 0.717) is 35.1 Å². The van der Waals surface area contributed by atoms with Crippen molar-refractivity contribution in [2.45, 2.75) is 12.8 Å². The third kappa shape index (κ3) is 5.39. The number of carboxylic acid groups (broad SMARTS) is 2. The average Bonchev–Trinajstić information content (AvgIpc) is 2.61. The number of carboxylic acids is 2. The summed E-state index contributed by atoms with van der Waals surface area (Å²) < 4.78 is 11.0. The predicted molar refractivity (Wildman–Crippen MR) is 96.1 cm³/mol. The molecule has 0 spiro atoms. The van der Waals surface area contributed by atoms with E-state index in [-0.39, 0.29) is 6.42 Å². The minimum atomic E-state index is -1.51. The summed E-state index contributed by atoms with van der Waals surface area (Å²) in [5, 5.41) is 18.7. The van der Waals surface area contributed by atoms with Gasteiger partial charge in [-0.05, 0) is 41.8 Å². The molecular formula is C19H19ClO6. The van der Waals surface area contributed by atoms with Gasteiger partial charge in [0.1, 0.15) is 0 Å². The van der Waals surface area contributed by atoms with Gasteiger partial charge in [-0.25, -0.2) is 0 Å². The molecule has 0 atom stereocenters. The molecule has 0 radical (unpaired) electrons. The van der Waals surface area contributed by atoms with Crippen molar-refractivity contribution in [3.8, 4) is 11.5 Å². The molecule has 0 bridgehead atoms. The van der Waals surface area contributed by atoms with Crippen LogP contribution in [0.3, 0.4) is 0 Å². The number of rotatable bonds is 9.